The molecule has 0 aromatic heterocycles. The van der Waals surface area contributed by atoms with Gasteiger partial charge in [0.25, 0.3) is 0 Å². The van der Waals surface area contributed by atoms with E-state index in [1.807, 2.05) is 35.2 Å². The molecule has 6 heteroatoms. The number of fused-ring (bicyclic) bond motifs is 1. The molecule has 0 spiro atoms. The van der Waals surface area contributed by atoms with E-state index in [4.69, 9.17) is 9.47 Å². The van der Waals surface area contributed by atoms with Crippen molar-refractivity contribution in [3.63, 3.8) is 0 Å². The minimum atomic E-state index is -0.130. The average molecular weight is 318 g/mol. The SMILES string of the molecule is CO[C@H]1C[C@H]2CN(C(=O)COCc3ccccc3)CC(=O)N2C1. The molecule has 0 bridgehead atoms. The topological polar surface area (TPSA) is 59.1 Å². The van der Waals surface area contributed by atoms with Gasteiger partial charge in [-0.05, 0) is 12.0 Å². The fourth-order valence-electron chi connectivity index (χ4n) is 3.21. The molecule has 23 heavy (non-hydrogen) atoms. The van der Waals surface area contributed by atoms with Gasteiger partial charge in [-0.25, -0.2) is 0 Å². The Morgan fingerprint density at radius 1 is 1.26 bits per heavy atom. The van der Waals surface area contributed by atoms with Crippen molar-refractivity contribution in [2.45, 2.75) is 25.2 Å². The molecule has 0 aliphatic carbocycles. The Bertz CT molecular complexity index is 563. The number of hydrogen-bond donors (Lipinski definition) is 0. The van der Waals surface area contributed by atoms with Crippen molar-refractivity contribution in [3.8, 4) is 0 Å². The van der Waals surface area contributed by atoms with Crippen molar-refractivity contribution in [2.24, 2.45) is 0 Å². The van der Waals surface area contributed by atoms with Crippen LogP contribution in [-0.4, -0.2) is 67.1 Å². The van der Waals surface area contributed by atoms with Crippen LogP contribution in [0.4, 0.5) is 0 Å². The number of methoxy groups -OCH3 is 1. The molecule has 0 N–H and O–H groups in total. The Morgan fingerprint density at radius 3 is 2.78 bits per heavy atom. The third-order valence-corrected chi connectivity index (χ3v) is 4.48. The zero-order valence-electron chi connectivity index (χ0n) is 13.3. The van der Waals surface area contributed by atoms with Crippen molar-refractivity contribution >= 4 is 11.8 Å². The van der Waals surface area contributed by atoms with Gasteiger partial charge in [0, 0.05) is 20.2 Å². The maximum Gasteiger partial charge on any atom is 0.249 e. The van der Waals surface area contributed by atoms with Crippen LogP contribution in [0.2, 0.25) is 0 Å². The fraction of sp³-hybridized carbons (Fsp3) is 0.529. The van der Waals surface area contributed by atoms with Crippen molar-refractivity contribution in [1.82, 2.24) is 9.80 Å². The number of rotatable bonds is 5. The summed E-state index contributed by atoms with van der Waals surface area (Å²) in [5.74, 6) is -0.132. The highest BCUT2D eigenvalue weighted by Crippen LogP contribution is 2.24. The Morgan fingerprint density at radius 2 is 2.04 bits per heavy atom. The molecule has 3 rings (SSSR count). The fourth-order valence-corrected chi connectivity index (χ4v) is 3.21. The van der Waals surface area contributed by atoms with Crippen LogP contribution in [0.5, 0.6) is 0 Å². The summed E-state index contributed by atoms with van der Waals surface area (Å²) in [4.78, 5) is 27.9. The number of nitrogens with zero attached hydrogens (tertiary/aromatic N) is 2. The molecule has 1 aromatic rings. The lowest BCUT2D eigenvalue weighted by Gasteiger charge is -2.36. The third-order valence-electron chi connectivity index (χ3n) is 4.48. The number of carbonyl (C=O) groups is 2. The smallest absolute Gasteiger partial charge is 0.249 e. The zero-order valence-corrected chi connectivity index (χ0v) is 13.3. The van der Waals surface area contributed by atoms with E-state index in [0.29, 0.717) is 19.7 Å². The first-order valence-corrected chi connectivity index (χ1v) is 7.89. The third kappa shape index (κ3) is 3.71. The molecule has 1 aromatic carbocycles. The van der Waals surface area contributed by atoms with Crippen molar-refractivity contribution < 1.29 is 19.1 Å². The quantitative estimate of drug-likeness (QED) is 0.800. The zero-order chi connectivity index (χ0) is 16.2. The highest BCUT2D eigenvalue weighted by molar-refractivity contribution is 5.87. The number of ether oxygens (including phenoxy) is 2. The van der Waals surface area contributed by atoms with E-state index in [-0.39, 0.29) is 37.1 Å². The minimum Gasteiger partial charge on any atom is -0.380 e. The normalized spacial score (nSPS) is 24.0. The number of piperazine rings is 1. The predicted octanol–water partition coefficient (Wildman–Crippen LogP) is 0.661. The van der Waals surface area contributed by atoms with Gasteiger partial charge >= 0.3 is 0 Å². The van der Waals surface area contributed by atoms with Gasteiger partial charge in [-0.3, -0.25) is 9.59 Å². The average Bonchev–Trinajstić information content (AvgIpc) is 2.99. The molecule has 2 amide bonds. The summed E-state index contributed by atoms with van der Waals surface area (Å²) in [5, 5.41) is 0. The van der Waals surface area contributed by atoms with E-state index in [9.17, 15) is 9.59 Å². The van der Waals surface area contributed by atoms with Crippen LogP contribution in [-0.2, 0) is 25.7 Å². The lowest BCUT2D eigenvalue weighted by atomic mass is 10.1. The lowest BCUT2D eigenvalue weighted by molar-refractivity contribution is -0.149. The largest absolute Gasteiger partial charge is 0.380 e. The first-order chi connectivity index (χ1) is 11.2. The molecule has 2 fully saturated rings. The van der Waals surface area contributed by atoms with Crippen LogP contribution in [0.3, 0.4) is 0 Å². The first kappa shape index (κ1) is 16.0. The van der Waals surface area contributed by atoms with Crippen LogP contribution in [0.25, 0.3) is 0 Å². The standard InChI is InChI=1S/C17H22N2O4/c1-22-15-7-14-8-18(10-16(20)19(14)9-15)17(21)12-23-11-13-5-3-2-4-6-13/h2-6,14-15H,7-12H2,1H3/t14-,15-/m0/s1. The van der Waals surface area contributed by atoms with Crippen LogP contribution in [0.15, 0.2) is 30.3 Å². The predicted molar refractivity (Wildman–Crippen MR) is 83.6 cm³/mol. The highest BCUT2D eigenvalue weighted by atomic mass is 16.5. The highest BCUT2D eigenvalue weighted by Gasteiger charge is 2.41. The van der Waals surface area contributed by atoms with E-state index < -0.39 is 0 Å². The molecule has 2 saturated heterocycles. The van der Waals surface area contributed by atoms with Gasteiger partial charge in [0.2, 0.25) is 11.8 Å². The van der Waals surface area contributed by atoms with Crippen LogP contribution >= 0.6 is 0 Å². The van der Waals surface area contributed by atoms with E-state index in [0.717, 1.165) is 12.0 Å². The molecule has 124 valence electrons. The van der Waals surface area contributed by atoms with E-state index in [1.54, 1.807) is 12.0 Å². The Hall–Kier alpha value is -1.92. The van der Waals surface area contributed by atoms with Crippen LogP contribution in [0, 0.1) is 0 Å². The van der Waals surface area contributed by atoms with Gasteiger partial charge in [-0.1, -0.05) is 30.3 Å². The first-order valence-electron chi connectivity index (χ1n) is 7.89. The Labute approximate surface area is 136 Å². The molecular weight excluding hydrogens is 296 g/mol. The summed E-state index contributed by atoms with van der Waals surface area (Å²) in [5.41, 5.74) is 1.03. The molecule has 0 radical (unpaired) electrons. The number of amides is 2. The Kier molecular flexibility index (Phi) is 4.93. The van der Waals surface area contributed by atoms with Gasteiger partial charge in [0.05, 0.1) is 25.3 Å². The Balaban J connectivity index is 1.49. The molecule has 2 heterocycles. The maximum atomic E-state index is 12.3. The molecule has 2 atom stereocenters. The summed E-state index contributed by atoms with van der Waals surface area (Å²) in [7, 11) is 1.66. The number of carbonyl (C=O) groups excluding carboxylic acids is 2. The number of hydrogen-bond acceptors (Lipinski definition) is 4. The van der Waals surface area contributed by atoms with E-state index >= 15 is 0 Å². The molecule has 0 unspecified atom stereocenters. The molecule has 2 aliphatic heterocycles. The monoisotopic (exact) mass is 318 g/mol. The second-order valence-corrected chi connectivity index (χ2v) is 6.05. The summed E-state index contributed by atoms with van der Waals surface area (Å²) < 4.78 is 10.8. The summed E-state index contributed by atoms with van der Waals surface area (Å²) in [6, 6.07) is 9.79. The molecule has 2 aliphatic rings. The van der Waals surface area contributed by atoms with E-state index in [2.05, 4.69) is 0 Å². The van der Waals surface area contributed by atoms with Gasteiger partial charge in [-0.2, -0.15) is 0 Å². The van der Waals surface area contributed by atoms with Crippen molar-refractivity contribution in [1.29, 1.82) is 0 Å². The van der Waals surface area contributed by atoms with Crippen LogP contribution in [0.1, 0.15) is 12.0 Å². The van der Waals surface area contributed by atoms with Crippen LogP contribution < -0.4 is 0 Å². The maximum absolute atomic E-state index is 12.3. The summed E-state index contributed by atoms with van der Waals surface area (Å²) in [6.07, 6.45) is 0.866. The second-order valence-electron chi connectivity index (χ2n) is 6.05. The number of benzene rings is 1. The van der Waals surface area contributed by atoms with Gasteiger partial charge < -0.3 is 19.3 Å². The molecule has 0 saturated carbocycles. The minimum absolute atomic E-state index is 0.00258. The van der Waals surface area contributed by atoms with Gasteiger partial charge in [-0.15, -0.1) is 0 Å². The second kappa shape index (κ2) is 7.10. The van der Waals surface area contributed by atoms with Crippen molar-refractivity contribution in [2.75, 3.05) is 33.4 Å². The van der Waals surface area contributed by atoms with Gasteiger partial charge in [0.1, 0.15) is 6.61 Å². The molecular formula is C17H22N2O4. The van der Waals surface area contributed by atoms with Gasteiger partial charge in [0.15, 0.2) is 0 Å². The van der Waals surface area contributed by atoms with E-state index in [1.165, 1.54) is 0 Å². The summed E-state index contributed by atoms with van der Waals surface area (Å²) >= 11 is 0. The summed E-state index contributed by atoms with van der Waals surface area (Å²) in [6.45, 7) is 1.74. The van der Waals surface area contributed by atoms with Crippen molar-refractivity contribution in [3.05, 3.63) is 35.9 Å². The lowest BCUT2D eigenvalue weighted by Crippen LogP contribution is -2.56. The molecule has 6 nitrogen and oxygen atoms in total.